The Bertz CT molecular complexity index is 336. The van der Waals surface area contributed by atoms with Gasteiger partial charge in [0, 0.05) is 5.92 Å². The first-order chi connectivity index (χ1) is 6.16. The monoisotopic (exact) mass is 243 g/mol. The molecule has 1 aromatic heterocycles. The lowest BCUT2D eigenvalue weighted by Gasteiger charge is -2.02. The zero-order valence-electron chi connectivity index (χ0n) is 7.20. The lowest BCUT2D eigenvalue weighted by atomic mass is 10.3. The molecule has 2 atom stereocenters. The number of nitrogens with one attached hydrogen (secondary N) is 1. The van der Waals surface area contributed by atoms with E-state index in [4.69, 9.17) is 0 Å². The van der Waals surface area contributed by atoms with E-state index < -0.39 is 0 Å². The summed E-state index contributed by atoms with van der Waals surface area (Å²) in [6.07, 6.45) is 4.34. The molecule has 4 nitrogen and oxygen atoms in total. The summed E-state index contributed by atoms with van der Waals surface area (Å²) in [6, 6.07) is 0. The van der Waals surface area contributed by atoms with Crippen molar-refractivity contribution in [1.82, 2.24) is 9.89 Å². The number of aromatic nitrogens is 2. The van der Waals surface area contributed by atoms with E-state index in [0.717, 1.165) is 10.9 Å². The number of hydrogen-bond acceptors (Lipinski definition) is 2. The second-order valence-electron chi connectivity index (χ2n) is 3.40. The SMILES string of the molecule is CC1CC1C(=O)Nn1cc(Br)cn1. The molecule has 1 fully saturated rings. The van der Waals surface area contributed by atoms with Crippen LogP contribution in [0.5, 0.6) is 0 Å². The zero-order valence-corrected chi connectivity index (χ0v) is 8.78. The van der Waals surface area contributed by atoms with E-state index in [1.807, 2.05) is 0 Å². The smallest absolute Gasteiger partial charge is 0.243 e. The molecule has 1 amide bonds. The molecule has 0 radical (unpaired) electrons. The van der Waals surface area contributed by atoms with E-state index in [1.165, 1.54) is 4.79 Å². The van der Waals surface area contributed by atoms with E-state index in [0.29, 0.717) is 5.92 Å². The van der Waals surface area contributed by atoms with Crippen molar-refractivity contribution >= 4 is 21.8 Å². The molecule has 1 heterocycles. The van der Waals surface area contributed by atoms with Crippen LogP contribution >= 0.6 is 15.9 Å². The number of rotatable bonds is 2. The molecule has 1 N–H and O–H groups in total. The Morgan fingerprint density at radius 3 is 3.00 bits per heavy atom. The summed E-state index contributed by atoms with van der Waals surface area (Å²) in [5.74, 6) is 0.769. The third-order valence-electron chi connectivity index (χ3n) is 2.22. The average molecular weight is 244 g/mol. The summed E-state index contributed by atoms with van der Waals surface area (Å²) in [5.41, 5.74) is 2.69. The highest BCUT2D eigenvalue weighted by Crippen LogP contribution is 2.37. The molecule has 2 unspecified atom stereocenters. The molecule has 1 aliphatic carbocycles. The second kappa shape index (κ2) is 3.14. The quantitative estimate of drug-likeness (QED) is 0.854. The van der Waals surface area contributed by atoms with Crippen LogP contribution in [0.1, 0.15) is 13.3 Å². The second-order valence-corrected chi connectivity index (χ2v) is 4.31. The van der Waals surface area contributed by atoms with Crippen molar-refractivity contribution in [3.8, 4) is 0 Å². The first-order valence-electron chi connectivity index (χ1n) is 4.18. The number of carbonyl (C=O) groups excluding carboxylic acids is 1. The lowest BCUT2D eigenvalue weighted by molar-refractivity contribution is -0.118. The fraction of sp³-hybridized carbons (Fsp3) is 0.500. The number of halogens is 1. The maximum atomic E-state index is 11.4. The summed E-state index contributed by atoms with van der Waals surface area (Å²) < 4.78 is 0.858. The minimum Gasteiger partial charge on any atom is -0.273 e. The third-order valence-corrected chi connectivity index (χ3v) is 2.63. The van der Waals surface area contributed by atoms with Crippen molar-refractivity contribution in [2.24, 2.45) is 11.8 Å². The van der Waals surface area contributed by atoms with Crippen LogP contribution in [-0.4, -0.2) is 15.8 Å². The molecule has 5 heteroatoms. The highest BCUT2D eigenvalue weighted by Gasteiger charge is 2.39. The fourth-order valence-corrected chi connectivity index (χ4v) is 1.53. The van der Waals surface area contributed by atoms with Crippen LogP contribution in [0.3, 0.4) is 0 Å². The van der Waals surface area contributed by atoms with Crippen molar-refractivity contribution in [3.63, 3.8) is 0 Å². The van der Waals surface area contributed by atoms with Crippen molar-refractivity contribution in [3.05, 3.63) is 16.9 Å². The van der Waals surface area contributed by atoms with Crippen molar-refractivity contribution < 1.29 is 4.79 Å². The minimum atomic E-state index is 0.0584. The lowest BCUT2D eigenvalue weighted by Crippen LogP contribution is -2.24. The Balaban J connectivity index is 1.95. The van der Waals surface area contributed by atoms with Crippen molar-refractivity contribution in [2.45, 2.75) is 13.3 Å². The molecular formula is C8H10BrN3O. The predicted octanol–water partition coefficient (Wildman–Crippen LogP) is 1.37. The van der Waals surface area contributed by atoms with Crippen LogP contribution in [0.2, 0.25) is 0 Å². The maximum Gasteiger partial charge on any atom is 0.243 e. The van der Waals surface area contributed by atoms with Crippen LogP contribution in [-0.2, 0) is 4.79 Å². The van der Waals surface area contributed by atoms with Gasteiger partial charge < -0.3 is 0 Å². The first kappa shape index (κ1) is 8.74. The summed E-state index contributed by atoms with van der Waals surface area (Å²) in [5, 5.41) is 3.93. The van der Waals surface area contributed by atoms with E-state index in [1.54, 1.807) is 12.4 Å². The third kappa shape index (κ3) is 1.91. The van der Waals surface area contributed by atoms with Gasteiger partial charge in [-0.15, -0.1) is 0 Å². The molecular weight excluding hydrogens is 234 g/mol. The summed E-state index contributed by atoms with van der Waals surface area (Å²) >= 11 is 3.25. The van der Waals surface area contributed by atoms with Crippen molar-refractivity contribution in [2.75, 3.05) is 5.43 Å². The van der Waals surface area contributed by atoms with Gasteiger partial charge in [0.1, 0.15) is 0 Å². The highest BCUT2D eigenvalue weighted by molar-refractivity contribution is 9.10. The molecule has 0 aliphatic heterocycles. The van der Waals surface area contributed by atoms with E-state index in [9.17, 15) is 4.79 Å². The zero-order chi connectivity index (χ0) is 9.42. The molecule has 0 aromatic carbocycles. The van der Waals surface area contributed by atoms with Crippen LogP contribution in [0.15, 0.2) is 16.9 Å². The largest absolute Gasteiger partial charge is 0.273 e. The highest BCUT2D eigenvalue weighted by atomic mass is 79.9. The van der Waals surface area contributed by atoms with Crippen molar-refractivity contribution in [1.29, 1.82) is 0 Å². The Morgan fingerprint density at radius 1 is 1.85 bits per heavy atom. The van der Waals surface area contributed by atoms with Crippen LogP contribution < -0.4 is 5.43 Å². The number of nitrogens with zero attached hydrogens (tertiary/aromatic N) is 2. The molecule has 1 saturated carbocycles. The Labute approximate surface area is 84.4 Å². The van der Waals surface area contributed by atoms with Gasteiger partial charge in [0.2, 0.25) is 5.91 Å². The Hall–Kier alpha value is -0.840. The molecule has 0 bridgehead atoms. The van der Waals surface area contributed by atoms with Gasteiger partial charge in [-0.1, -0.05) is 6.92 Å². The topological polar surface area (TPSA) is 46.9 Å². The number of amides is 1. The summed E-state index contributed by atoms with van der Waals surface area (Å²) in [7, 11) is 0. The normalized spacial score (nSPS) is 25.7. The van der Waals surface area contributed by atoms with Crippen LogP contribution in [0, 0.1) is 11.8 Å². The standard InChI is InChI=1S/C8H10BrN3O/c1-5-2-7(5)8(13)11-12-4-6(9)3-10-12/h3-5,7H,2H2,1H3,(H,11,13). The number of carbonyl (C=O) groups is 1. The Morgan fingerprint density at radius 2 is 2.54 bits per heavy atom. The van der Waals surface area contributed by atoms with Gasteiger partial charge in [-0.3, -0.25) is 4.79 Å². The van der Waals surface area contributed by atoms with Gasteiger partial charge in [-0.25, -0.2) is 5.43 Å². The predicted molar refractivity (Wildman–Crippen MR) is 51.6 cm³/mol. The van der Waals surface area contributed by atoms with Gasteiger partial charge >= 0.3 is 0 Å². The maximum absolute atomic E-state index is 11.4. The Kier molecular flexibility index (Phi) is 2.11. The number of hydrogen-bond donors (Lipinski definition) is 1. The summed E-state index contributed by atoms with van der Waals surface area (Å²) in [6.45, 7) is 2.07. The summed E-state index contributed by atoms with van der Waals surface area (Å²) in [4.78, 5) is 12.8. The van der Waals surface area contributed by atoms with Gasteiger partial charge in [0.25, 0.3) is 0 Å². The van der Waals surface area contributed by atoms with Crippen LogP contribution in [0.25, 0.3) is 0 Å². The van der Waals surface area contributed by atoms with Gasteiger partial charge in [-0.2, -0.15) is 9.89 Å². The molecule has 70 valence electrons. The van der Waals surface area contributed by atoms with E-state index >= 15 is 0 Å². The molecule has 0 saturated heterocycles. The van der Waals surface area contributed by atoms with E-state index in [-0.39, 0.29) is 11.8 Å². The molecule has 1 aromatic rings. The fourth-order valence-electron chi connectivity index (χ4n) is 1.25. The minimum absolute atomic E-state index is 0.0584. The van der Waals surface area contributed by atoms with Gasteiger partial charge in [0.05, 0.1) is 16.9 Å². The average Bonchev–Trinajstić information content (AvgIpc) is 2.66. The first-order valence-corrected chi connectivity index (χ1v) is 4.97. The molecule has 0 spiro atoms. The molecule has 2 rings (SSSR count). The molecule has 1 aliphatic rings. The van der Waals surface area contributed by atoms with E-state index in [2.05, 4.69) is 33.4 Å². The van der Waals surface area contributed by atoms with Crippen LogP contribution in [0.4, 0.5) is 0 Å². The van der Waals surface area contributed by atoms with Gasteiger partial charge in [0.15, 0.2) is 0 Å². The van der Waals surface area contributed by atoms with Gasteiger partial charge in [-0.05, 0) is 28.3 Å². The molecule has 13 heavy (non-hydrogen) atoms.